The monoisotopic (exact) mass is 252 g/mol. The summed E-state index contributed by atoms with van der Waals surface area (Å²) in [6.07, 6.45) is 0.524. The molecule has 1 heterocycles. The number of likely N-dealkylation sites (tertiary alicyclic amines) is 1. The number of carbonyl (C=O) groups is 1. The van der Waals surface area contributed by atoms with E-state index < -0.39 is 0 Å². The Labute approximate surface area is 106 Å². The maximum atomic E-state index is 12.9. The summed E-state index contributed by atoms with van der Waals surface area (Å²) in [5, 5.41) is 0. The molecule has 1 atom stereocenters. The van der Waals surface area contributed by atoms with Crippen molar-refractivity contribution in [1.29, 1.82) is 0 Å². The summed E-state index contributed by atoms with van der Waals surface area (Å²) in [6.45, 7) is 2.12. The van der Waals surface area contributed by atoms with Crippen LogP contribution in [0, 0.1) is 11.7 Å². The van der Waals surface area contributed by atoms with Crippen LogP contribution >= 0.6 is 0 Å². The molecule has 1 aromatic rings. The van der Waals surface area contributed by atoms with Gasteiger partial charge in [-0.05, 0) is 24.6 Å². The largest absolute Gasteiger partial charge is 0.492 e. The van der Waals surface area contributed by atoms with E-state index in [-0.39, 0.29) is 17.6 Å². The molecule has 1 aliphatic rings. The zero-order chi connectivity index (χ0) is 13.0. The second-order valence-corrected chi connectivity index (χ2v) is 4.45. The number of rotatable bonds is 5. The van der Waals surface area contributed by atoms with Gasteiger partial charge in [-0.25, -0.2) is 4.39 Å². The molecule has 1 fully saturated rings. The molecule has 2 N–H and O–H groups in total. The van der Waals surface area contributed by atoms with Crippen LogP contribution in [0.15, 0.2) is 24.3 Å². The molecular formula is C13H17FN2O2. The third-order valence-corrected chi connectivity index (χ3v) is 3.05. The van der Waals surface area contributed by atoms with Crippen LogP contribution in [0.1, 0.15) is 6.42 Å². The zero-order valence-electron chi connectivity index (χ0n) is 10.1. The van der Waals surface area contributed by atoms with E-state index in [9.17, 15) is 9.18 Å². The van der Waals surface area contributed by atoms with Crippen LogP contribution in [0.3, 0.4) is 0 Å². The molecule has 0 bridgehead atoms. The van der Waals surface area contributed by atoms with E-state index in [2.05, 4.69) is 0 Å². The van der Waals surface area contributed by atoms with Crippen molar-refractivity contribution in [2.45, 2.75) is 6.42 Å². The molecule has 1 amide bonds. The SMILES string of the molecule is NCC1CC(=O)N(CCOc2cccc(F)c2)C1. The van der Waals surface area contributed by atoms with Crippen LogP contribution in [-0.4, -0.2) is 37.0 Å². The van der Waals surface area contributed by atoms with Crippen molar-refractivity contribution in [3.05, 3.63) is 30.1 Å². The summed E-state index contributed by atoms with van der Waals surface area (Å²) >= 11 is 0. The third kappa shape index (κ3) is 3.20. The molecule has 1 aromatic carbocycles. The zero-order valence-corrected chi connectivity index (χ0v) is 10.1. The minimum Gasteiger partial charge on any atom is -0.492 e. The lowest BCUT2D eigenvalue weighted by Crippen LogP contribution is -2.30. The predicted molar refractivity (Wildman–Crippen MR) is 65.6 cm³/mol. The molecule has 0 radical (unpaired) electrons. The summed E-state index contributed by atoms with van der Waals surface area (Å²) < 4.78 is 18.3. The Bertz CT molecular complexity index is 425. The summed E-state index contributed by atoms with van der Waals surface area (Å²) in [5.74, 6) is 0.532. The first-order chi connectivity index (χ1) is 8.69. The van der Waals surface area contributed by atoms with Gasteiger partial charge in [0.1, 0.15) is 18.2 Å². The van der Waals surface area contributed by atoms with Gasteiger partial charge in [-0.1, -0.05) is 6.07 Å². The summed E-state index contributed by atoms with van der Waals surface area (Å²) in [7, 11) is 0. The van der Waals surface area contributed by atoms with Crippen LogP contribution in [0.25, 0.3) is 0 Å². The van der Waals surface area contributed by atoms with Gasteiger partial charge in [-0.3, -0.25) is 4.79 Å². The predicted octanol–water partition coefficient (Wildman–Crippen LogP) is 1.01. The molecule has 5 heteroatoms. The number of amides is 1. The van der Waals surface area contributed by atoms with Gasteiger partial charge < -0.3 is 15.4 Å². The van der Waals surface area contributed by atoms with Gasteiger partial charge in [-0.15, -0.1) is 0 Å². The Hall–Kier alpha value is -1.62. The van der Waals surface area contributed by atoms with E-state index in [0.29, 0.717) is 38.4 Å². The molecule has 0 spiro atoms. The highest BCUT2D eigenvalue weighted by Crippen LogP contribution is 2.16. The molecule has 98 valence electrons. The fourth-order valence-corrected chi connectivity index (χ4v) is 2.06. The highest BCUT2D eigenvalue weighted by molar-refractivity contribution is 5.78. The second-order valence-electron chi connectivity index (χ2n) is 4.45. The van der Waals surface area contributed by atoms with Crippen molar-refractivity contribution >= 4 is 5.91 Å². The second kappa shape index (κ2) is 5.82. The van der Waals surface area contributed by atoms with Crippen LogP contribution in [0.4, 0.5) is 4.39 Å². The molecule has 18 heavy (non-hydrogen) atoms. The van der Waals surface area contributed by atoms with Crippen LogP contribution in [0.2, 0.25) is 0 Å². The van der Waals surface area contributed by atoms with E-state index in [1.165, 1.54) is 12.1 Å². The van der Waals surface area contributed by atoms with Crippen molar-refractivity contribution in [3.8, 4) is 5.75 Å². The van der Waals surface area contributed by atoms with E-state index in [1.807, 2.05) is 0 Å². The standard InChI is InChI=1S/C13H17FN2O2/c14-11-2-1-3-12(7-11)18-5-4-16-9-10(8-15)6-13(16)17/h1-3,7,10H,4-6,8-9,15H2. The minimum atomic E-state index is -0.326. The molecule has 1 aliphatic heterocycles. The fourth-order valence-electron chi connectivity index (χ4n) is 2.06. The number of ether oxygens (including phenoxy) is 1. The Balaban J connectivity index is 1.77. The van der Waals surface area contributed by atoms with Gasteiger partial charge in [0, 0.05) is 19.0 Å². The molecule has 0 aromatic heterocycles. The van der Waals surface area contributed by atoms with E-state index in [4.69, 9.17) is 10.5 Å². The average Bonchev–Trinajstić information content (AvgIpc) is 2.71. The maximum Gasteiger partial charge on any atom is 0.223 e. The lowest BCUT2D eigenvalue weighted by atomic mass is 10.1. The maximum absolute atomic E-state index is 12.9. The van der Waals surface area contributed by atoms with Gasteiger partial charge in [0.15, 0.2) is 0 Å². The molecule has 0 saturated carbocycles. The molecule has 4 nitrogen and oxygen atoms in total. The van der Waals surface area contributed by atoms with Crippen molar-refractivity contribution < 1.29 is 13.9 Å². The number of nitrogens with zero attached hydrogens (tertiary/aromatic N) is 1. The van der Waals surface area contributed by atoms with Crippen molar-refractivity contribution in [2.75, 3.05) is 26.2 Å². The number of carbonyl (C=O) groups excluding carboxylic acids is 1. The van der Waals surface area contributed by atoms with Crippen molar-refractivity contribution in [2.24, 2.45) is 11.7 Å². The Morgan fingerprint density at radius 3 is 3.00 bits per heavy atom. The number of halogens is 1. The molecule has 2 rings (SSSR count). The van der Waals surface area contributed by atoms with Crippen LogP contribution in [0.5, 0.6) is 5.75 Å². The highest BCUT2D eigenvalue weighted by Gasteiger charge is 2.27. The minimum absolute atomic E-state index is 0.119. The first-order valence-electron chi connectivity index (χ1n) is 6.05. The van der Waals surface area contributed by atoms with E-state index >= 15 is 0 Å². The molecule has 1 unspecified atom stereocenters. The first kappa shape index (κ1) is 12.8. The smallest absolute Gasteiger partial charge is 0.223 e. The van der Waals surface area contributed by atoms with Gasteiger partial charge in [-0.2, -0.15) is 0 Å². The summed E-state index contributed by atoms with van der Waals surface area (Å²) in [6, 6.07) is 5.98. The quantitative estimate of drug-likeness (QED) is 0.851. The number of benzene rings is 1. The van der Waals surface area contributed by atoms with Crippen LogP contribution < -0.4 is 10.5 Å². The Morgan fingerprint density at radius 1 is 1.50 bits per heavy atom. The normalized spacial score (nSPS) is 19.3. The lowest BCUT2D eigenvalue weighted by Gasteiger charge is -2.16. The molecule has 1 saturated heterocycles. The van der Waals surface area contributed by atoms with Gasteiger partial charge in [0.2, 0.25) is 5.91 Å². The Morgan fingerprint density at radius 2 is 2.33 bits per heavy atom. The van der Waals surface area contributed by atoms with Gasteiger partial charge in [0.05, 0.1) is 6.54 Å². The van der Waals surface area contributed by atoms with Crippen molar-refractivity contribution in [3.63, 3.8) is 0 Å². The van der Waals surface area contributed by atoms with Gasteiger partial charge >= 0.3 is 0 Å². The average molecular weight is 252 g/mol. The van der Waals surface area contributed by atoms with E-state index in [1.54, 1.807) is 17.0 Å². The number of hydrogen-bond donors (Lipinski definition) is 1. The van der Waals surface area contributed by atoms with Crippen molar-refractivity contribution in [1.82, 2.24) is 4.90 Å². The Kier molecular flexibility index (Phi) is 4.15. The fraction of sp³-hybridized carbons (Fsp3) is 0.462. The number of nitrogens with two attached hydrogens (primary N) is 1. The lowest BCUT2D eigenvalue weighted by molar-refractivity contribution is -0.128. The van der Waals surface area contributed by atoms with E-state index in [0.717, 1.165) is 0 Å². The first-order valence-corrected chi connectivity index (χ1v) is 6.05. The molecule has 0 aliphatic carbocycles. The van der Waals surface area contributed by atoms with Crippen LogP contribution in [-0.2, 0) is 4.79 Å². The third-order valence-electron chi connectivity index (χ3n) is 3.05. The summed E-state index contributed by atoms with van der Waals surface area (Å²) in [4.78, 5) is 13.3. The highest BCUT2D eigenvalue weighted by atomic mass is 19.1. The summed E-state index contributed by atoms with van der Waals surface area (Å²) in [5.41, 5.74) is 5.54. The number of hydrogen-bond acceptors (Lipinski definition) is 3. The van der Waals surface area contributed by atoms with Gasteiger partial charge in [0.25, 0.3) is 0 Å². The molecular weight excluding hydrogens is 235 g/mol. The topological polar surface area (TPSA) is 55.6 Å².